The molecule has 0 heterocycles. The predicted molar refractivity (Wildman–Crippen MR) is 72.7 cm³/mol. The third-order valence-corrected chi connectivity index (χ3v) is 2.60. The molecular formula is C16H14O2. The van der Waals surface area contributed by atoms with Crippen molar-refractivity contribution in [2.75, 3.05) is 0 Å². The fourth-order valence-corrected chi connectivity index (χ4v) is 1.70. The van der Waals surface area contributed by atoms with E-state index in [0.29, 0.717) is 5.56 Å². The summed E-state index contributed by atoms with van der Waals surface area (Å²) in [5.74, 6) is -0.0165. The molecule has 0 aromatic heterocycles. The van der Waals surface area contributed by atoms with Gasteiger partial charge in [0.15, 0.2) is 5.78 Å². The normalized spacial score (nSPS) is 10.7. The average Bonchev–Trinajstić information content (AvgIpc) is 2.36. The van der Waals surface area contributed by atoms with Crippen LogP contribution in [0.5, 0.6) is 5.75 Å². The van der Waals surface area contributed by atoms with Gasteiger partial charge in [-0.25, -0.2) is 0 Å². The van der Waals surface area contributed by atoms with Gasteiger partial charge in [-0.2, -0.15) is 0 Å². The molecule has 2 aromatic rings. The monoisotopic (exact) mass is 238 g/mol. The number of ketones is 1. The summed E-state index contributed by atoms with van der Waals surface area (Å²) in [6.45, 7) is 2.01. The summed E-state index contributed by atoms with van der Waals surface area (Å²) < 4.78 is 0. The molecule has 90 valence electrons. The second-order valence-corrected chi connectivity index (χ2v) is 4.16. The van der Waals surface area contributed by atoms with Gasteiger partial charge in [-0.15, -0.1) is 0 Å². The van der Waals surface area contributed by atoms with E-state index in [1.54, 1.807) is 24.3 Å². The van der Waals surface area contributed by atoms with E-state index in [-0.39, 0.29) is 11.5 Å². The van der Waals surface area contributed by atoms with E-state index in [9.17, 15) is 9.90 Å². The van der Waals surface area contributed by atoms with Crippen LogP contribution in [-0.2, 0) is 0 Å². The Morgan fingerprint density at radius 2 is 1.89 bits per heavy atom. The van der Waals surface area contributed by atoms with Gasteiger partial charge in [0.05, 0.1) is 0 Å². The molecule has 2 aromatic carbocycles. The number of phenolic OH excluding ortho intramolecular Hbond substituents is 1. The number of allylic oxidation sites excluding steroid dienone is 1. The number of carbonyl (C=O) groups excluding carboxylic acids is 1. The second-order valence-electron chi connectivity index (χ2n) is 4.16. The smallest absolute Gasteiger partial charge is 0.185 e. The van der Waals surface area contributed by atoms with E-state index in [1.165, 1.54) is 12.1 Å². The lowest BCUT2D eigenvalue weighted by Gasteiger charge is -1.98. The van der Waals surface area contributed by atoms with Crippen LogP contribution < -0.4 is 0 Å². The van der Waals surface area contributed by atoms with Gasteiger partial charge in [-0.3, -0.25) is 4.79 Å². The van der Waals surface area contributed by atoms with E-state index in [1.807, 2.05) is 31.2 Å². The van der Waals surface area contributed by atoms with Crippen LogP contribution >= 0.6 is 0 Å². The van der Waals surface area contributed by atoms with Crippen LogP contribution in [0.2, 0.25) is 0 Å². The summed E-state index contributed by atoms with van der Waals surface area (Å²) in [4.78, 5) is 11.9. The lowest BCUT2D eigenvalue weighted by atomic mass is 10.1. The lowest BCUT2D eigenvalue weighted by Crippen LogP contribution is -1.93. The van der Waals surface area contributed by atoms with Gasteiger partial charge in [-0.1, -0.05) is 48.0 Å². The Labute approximate surface area is 106 Å². The molecule has 0 aliphatic rings. The van der Waals surface area contributed by atoms with E-state index in [0.717, 1.165) is 11.1 Å². The standard InChI is InChI=1S/C16H14O2/c1-12-4-2-5-13(10-12)8-9-16(18)14-6-3-7-15(17)11-14/h2-11,17H,1H3. The van der Waals surface area contributed by atoms with Crippen molar-refractivity contribution < 1.29 is 9.90 Å². The summed E-state index contributed by atoms with van der Waals surface area (Å²) in [7, 11) is 0. The van der Waals surface area contributed by atoms with Crippen LogP contribution in [0.25, 0.3) is 6.08 Å². The third-order valence-electron chi connectivity index (χ3n) is 2.60. The van der Waals surface area contributed by atoms with E-state index >= 15 is 0 Å². The topological polar surface area (TPSA) is 37.3 Å². The third kappa shape index (κ3) is 3.08. The van der Waals surface area contributed by atoms with Crippen molar-refractivity contribution >= 4 is 11.9 Å². The molecule has 2 nitrogen and oxygen atoms in total. The van der Waals surface area contributed by atoms with Crippen molar-refractivity contribution in [1.29, 1.82) is 0 Å². The van der Waals surface area contributed by atoms with E-state index in [2.05, 4.69) is 0 Å². The van der Waals surface area contributed by atoms with Gasteiger partial charge >= 0.3 is 0 Å². The highest BCUT2D eigenvalue weighted by Crippen LogP contribution is 2.13. The SMILES string of the molecule is Cc1cccc(C=CC(=O)c2cccc(O)c2)c1. The van der Waals surface area contributed by atoms with Crippen LogP contribution in [0.4, 0.5) is 0 Å². The van der Waals surface area contributed by atoms with Gasteiger partial charge in [-0.05, 0) is 30.7 Å². The number of hydrogen-bond acceptors (Lipinski definition) is 2. The van der Waals surface area contributed by atoms with Crippen molar-refractivity contribution in [2.45, 2.75) is 6.92 Å². The minimum absolute atomic E-state index is 0.102. The highest BCUT2D eigenvalue weighted by atomic mass is 16.3. The number of hydrogen-bond donors (Lipinski definition) is 1. The molecule has 2 rings (SSSR count). The first kappa shape index (κ1) is 12.1. The fraction of sp³-hybridized carbons (Fsp3) is 0.0625. The van der Waals surface area contributed by atoms with Crippen LogP contribution in [0.3, 0.4) is 0 Å². The summed E-state index contributed by atoms with van der Waals surface area (Å²) in [5, 5.41) is 9.31. The molecule has 0 saturated heterocycles. The molecule has 0 bridgehead atoms. The Kier molecular flexibility index (Phi) is 3.58. The summed E-state index contributed by atoms with van der Waals surface area (Å²) in [6.07, 6.45) is 3.29. The summed E-state index contributed by atoms with van der Waals surface area (Å²) in [6, 6.07) is 14.3. The molecule has 0 fully saturated rings. The van der Waals surface area contributed by atoms with Crippen LogP contribution in [0.1, 0.15) is 21.5 Å². The highest BCUT2D eigenvalue weighted by Gasteiger charge is 2.01. The molecule has 0 unspecified atom stereocenters. The first-order chi connectivity index (χ1) is 8.65. The minimum Gasteiger partial charge on any atom is -0.508 e. The van der Waals surface area contributed by atoms with Crippen LogP contribution in [0, 0.1) is 6.92 Å². The average molecular weight is 238 g/mol. The van der Waals surface area contributed by atoms with Gasteiger partial charge in [0.1, 0.15) is 5.75 Å². The van der Waals surface area contributed by atoms with E-state index in [4.69, 9.17) is 0 Å². The molecule has 0 radical (unpaired) electrons. The Bertz CT molecular complexity index is 598. The molecule has 0 aliphatic heterocycles. The molecule has 0 amide bonds. The number of aromatic hydroxyl groups is 1. The fourth-order valence-electron chi connectivity index (χ4n) is 1.70. The zero-order valence-corrected chi connectivity index (χ0v) is 10.1. The second kappa shape index (κ2) is 5.32. The van der Waals surface area contributed by atoms with Crippen LogP contribution in [-0.4, -0.2) is 10.9 Å². The van der Waals surface area contributed by atoms with Crippen molar-refractivity contribution in [3.05, 3.63) is 71.3 Å². The number of benzene rings is 2. The largest absolute Gasteiger partial charge is 0.508 e. The molecular weight excluding hydrogens is 224 g/mol. The highest BCUT2D eigenvalue weighted by molar-refractivity contribution is 6.07. The van der Waals surface area contributed by atoms with Crippen LogP contribution in [0.15, 0.2) is 54.6 Å². The number of carbonyl (C=O) groups is 1. The maximum Gasteiger partial charge on any atom is 0.185 e. The first-order valence-electron chi connectivity index (χ1n) is 5.73. The predicted octanol–water partition coefficient (Wildman–Crippen LogP) is 3.60. The number of rotatable bonds is 3. The van der Waals surface area contributed by atoms with Gasteiger partial charge in [0, 0.05) is 5.56 Å². The number of phenols is 1. The zero-order chi connectivity index (χ0) is 13.0. The Morgan fingerprint density at radius 3 is 2.61 bits per heavy atom. The maximum atomic E-state index is 11.9. The quantitative estimate of drug-likeness (QED) is 0.655. The maximum absolute atomic E-state index is 11.9. The molecule has 0 aliphatic carbocycles. The van der Waals surface area contributed by atoms with Crippen molar-refractivity contribution in [3.63, 3.8) is 0 Å². The Morgan fingerprint density at radius 1 is 1.11 bits per heavy atom. The number of aryl methyl sites for hydroxylation is 1. The van der Waals surface area contributed by atoms with Crippen molar-refractivity contribution in [1.82, 2.24) is 0 Å². The molecule has 1 N–H and O–H groups in total. The van der Waals surface area contributed by atoms with Crippen molar-refractivity contribution in [3.8, 4) is 5.75 Å². The molecule has 0 spiro atoms. The molecule has 2 heteroatoms. The first-order valence-corrected chi connectivity index (χ1v) is 5.73. The Hall–Kier alpha value is -2.35. The van der Waals surface area contributed by atoms with Crippen molar-refractivity contribution in [2.24, 2.45) is 0 Å². The van der Waals surface area contributed by atoms with E-state index < -0.39 is 0 Å². The summed E-state index contributed by atoms with van der Waals surface area (Å²) >= 11 is 0. The zero-order valence-electron chi connectivity index (χ0n) is 10.1. The van der Waals surface area contributed by atoms with Gasteiger partial charge < -0.3 is 5.11 Å². The van der Waals surface area contributed by atoms with Gasteiger partial charge in [0.2, 0.25) is 0 Å². The Balaban J connectivity index is 2.17. The lowest BCUT2D eigenvalue weighted by molar-refractivity contribution is 0.104. The van der Waals surface area contributed by atoms with Gasteiger partial charge in [0.25, 0.3) is 0 Å². The minimum atomic E-state index is -0.118. The molecule has 0 saturated carbocycles. The molecule has 18 heavy (non-hydrogen) atoms. The summed E-state index contributed by atoms with van der Waals surface area (Å²) in [5.41, 5.74) is 2.63. The molecule has 0 atom stereocenters.